The number of carbonyl (C=O) groups is 1. The minimum atomic E-state index is -0.329. The van der Waals surface area contributed by atoms with Crippen molar-refractivity contribution < 1.29 is 9.53 Å². The van der Waals surface area contributed by atoms with Crippen molar-refractivity contribution in [1.29, 1.82) is 0 Å². The maximum atomic E-state index is 13.0. The van der Waals surface area contributed by atoms with Crippen LogP contribution < -0.4 is 15.0 Å². The van der Waals surface area contributed by atoms with E-state index >= 15 is 0 Å². The Labute approximate surface area is 152 Å². The number of hydrogen-bond acceptors (Lipinski definition) is 4. The van der Waals surface area contributed by atoms with Gasteiger partial charge >= 0.3 is 0 Å². The topological polar surface area (TPSA) is 54.5 Å². The average Bonchev–Trinajstić information content (AvgIpc) is 2.96. The quantitative estimate of drug-likeness (QED) is 0.751. The van der Waals surface area contributed by atoms with Gasteiger partial charge in [0.15, 0.2) is 0 Å². The number of anilines is 2. The number of rotatable bonds is 5. The van der Waals surface area contributed by atoms with Gasteiger partial charge in [0.25, 0.3) is 5.91 Å². The first-order chi connectivity index (χ1) is 12.8. The lowest BCUT2D eigenvalue weighted by Crippen LogP contribution is -2.32. The van der Waals surface area contributed by atoms with E-state index in [1.54, 1.807) is 17.3 Å². The van der Waals surface area contributed by atoms with Crippen molar-refractivity contribution in [3.8, 4) is 5.75 Å². The third-order valence-electron chi connectivity index (χ3n) is 4.37. The highest BCUT2D eigenvalue weighted by atomic mass is 16.5. The average molecular weight is 345 g/mol. The summed E-state index contributed by atoms with van der Waals surface area (Å²) in [6.07, 6.45) is 3.07. The van der Waals surface area contributed by atoms with Gasteiger partial charge < -0.3 is 10.1 Å². The first kappa shape index (κ1) is 16.1. The molecule has 5 heteroatoms. The number of nitrogens with one attached hydrogen (secondary N) is 1. The molecular formula is C21H19N3O2. The van der Waals surface area contributed by atoms with E-state index in [4.69, 9.17) is 4.74 Å². The van der Waals surface area contributed by atoms with E-state index in [-0.39, 0.29) is 12.1 Å². The predicted molar refractivity (Wildman–Crippen MR) is 101 cm³/mol. The second-order valence-corrected chi connectivity index (χ2v) is 5.95. The van der Waals surface area contributed by atoms with Crippen LogP contribution in [0.1, 0.15) is 29.0 Å². The number of pyridine rings is 1. The standard InChI is InChI=1S/C21H19N3O2/c1-2-26-19-12-6-5-11-18(19)23-20-16-9-3-4-10-17(16)21(25)24(20)15-8-7-13-22-14-15/h3-14,20,23H,2H2,1H3/t20-/m0/s1. The molecule has 1 amide bonds. The predicted octanol–water partition coefficient (Wildman–Crippen LogP) is 4.25. The molecule has 130 valence electrons. The summed E-state index contributed by atoms with van der Waals surface area (Å²) in [6.45, 7) is 2.53. The van der Waals surface area contributed by atoms with Crippen molar-refractivity contribution in [2.45, 2.75) is 13.1 Å². The lowest BCUT2D eigenvalue weighted by Gasteiger charge is -2.27. The summed E-state index contributed by atoms with van der Waals surface area (Å²) < 4.78 is 5.72. The molecule has 2 heterocycles. The fourth-order valence-corrected chi connectivity index (χ4v) is 3.24. The van der Waals surface area contributed by atoms with Gasteiger partial charge in [-0.2, -0.15) is 0 Å². The van der Waals surface area contributed by atoms with Crippen molar-refractivity contribution >= 4 is 17.3 Å². The largest absolute Gasteiger partial charge is 0.492 e. The summed E-state index contributed by atoms with van der Waals surface area (Å²) in [5, 5.41) is 3.48. The molecule has 1 atom stereocenters. The Hall–Kier alpha value is -3.34. The first-order valence-electron chi connectivity index (χ1n) is 8.60. The SMILES string of the molecule is CCOc1ccccc1N[C@@H]1c2ccccc2C(=O)N1c1cccnc1. The van der Waals surface area contributed by atoms with Crippen LogP contribution in [0.4, 0.5) is 11.4 Å². The maximum absolute atomic E-state index is 13.0. The molecule has 5 nitrogen and oxygen atoms in total. The van der Waals surface area contributed by atoms with Crippen LogP contribution in [-0.4, -0.2) is 17.5 Å². The molecule has 0 saturated heterocycles. The van der Waals surface area contributed by atoms with E-state index in [1.165, 1.54) is 0 Å². The van der Waals surface area contributed by atoms with E-state index in [1.807, 2.05) is 67.6 Å². The van der Waals surface area contributed by atoms with Gasteiger partial charge in [0.1, 0.15) is 11.9 Å². The van der Waals surface area contributed by atoms with Gasteiger partial charge in [-0.15, -0.1) is 0 Å². The number of benzene rings is 2. The normalized spacial score (nSPS) is 15.7. The Morgan fingerprint density at radius 3 is 2.69 bits per heavy atom. The third-order valence-corrected chi connectivity index (χ3v) is 4.37. The van der Waals surface area contributed by atoms with Crippen LogP contribution in [0.5, 0.6) is 5.75 Å². The van der Waals surface area contributed by atoms with E-state index in [9.17, 15) is 4.79 Å². The molecule has 1 N–H and O–H groups in total. The van der Waals surface area contributed by atoms with Crippen LogP contribution in [0, 0.1) is 0 Å². The monoisotopic (exact) mass is 345 g/mol. The zero-order valence-corrected chi connectivity index (χ0v) is 14.4. The zero-order valence-electron chi connectivity index (χ0n) is 14.4. The first-order valence-corrected chi connectivity index (χ1v) is 8.60. The van der Waals surface area contributed by atoms with Crippen LogP contribution >= 0.6 is 0 Å². The molecule has 0 unspecified atom stereocenters. The van der Waals surface area contributed by atoms with Crippen LogP contribution in [0.3, 0.4) is 0 Å². The van der Waals surface area contributed by atoms with Crippen LogP contribution in [0.25, 0.3) is 0 Å². The van der Waals surface area contributed by atoms with E-state index in [2.05, 4.69) is 10.3 Å². The molecule has 3 aromatic rings. The van der Waals surface area contributed by atoms with E-state index in [0.717, 1.165) is 22.7 Å². The Balaban J connectivity index is 1.77. The maximum Gasteiger partial charge on any atom is 0.260 e. The summed E-state index contributed by atoms with van der Waals surface area (Å²) >= 11 is 0. The number of carbonyl (C=O) groups excluding carboxylic acids is 1. The third kappa shape index (κ3) is 2.77. The van der Waals surface area contributed by atoms with E-state index < -0.39 is 0 Å². The second kappa shape index (κ2) is 6.88. The lowest BCUT2D eigenvalue weighted by molar-refractivity contribution is 0.0993. The number of nitrogens with zero attached hydrogens (tertiary/aromatic N) is 2. The Morgan fingerprint density at radius 1 is 1.08 bits per heavy atom. The smallest absolute Gasteiger partial charge is 0.260 e. The molecule has 2 aromatic carbocycles. The minimum Gasteiger partial charge on any atom is -0.492 e. The van der Waals surface area contributed by atoms with Gasteiger partial charge in [-0.25, -0.2) is 0 Å². The fourth-order valence-electron chi connectivity index (χ4n) is 3.24. The van der Waals surface area contributed by atoms with Crippen molar-refractivity contribution in [2.75, 3.05) is 16.8 Å². The Morgan fingerprint density at radius 2 is 1.88 bits per heavy atom. The van der Waals surface area contributed by atoms with Crippen molar-refractivity contribution in [2.24, 2.45) is 0 Å². The van der Waals surface area contributed by atoms with Gasteiger partial charge in [-0.05, 0) is 37.3 Å². The number of para-hydroxylation sites is 2. The summed E-state index contributed by atoms with van der Waals surface area (Å²) in [5.41, 5.74) is 3.23. The Bertz CT molecular complexity index is 927. The fraction of sp³-hybridized carbons (Fsp3) is 0.143. The molecule has 26 heavy (non-hydrogen) atoms. The zero-order chi connectivity index (χ0) is 17.9. The molecule has 0 fully saturated rings. The van der Waals surface area contributed by atoms with E-state index in [0.29, 0.717) is 12.2 Å². The van der Waals surface area contributed by atoms with Crippen LogP contribution in [-0.2, 0) is 0 Å². The minimum absolute atomic E-state index is 0.0417. The van der Waals surface area contributed by atoms with Gasteiger partial charge in [0.2, 0.25) is 0 Å². The molecule has 4 rings (SSSR count). The number of amides is 1. The molecule has 0 aliphatic carbocycles. The Kier molecular flexibility index (Phi) is 4.27. The van der Waals surface area contributed by atoms with Gasteiger partial charge in [0, 0.05) is 17.3 Å². The van der Waals surface area contributed by atoms with Crippen molar-refractivity contribution in [3.05, 3.63) is 84.2 Å². The second-order valence-electron chi connectivity index (χ2n) is 5.95. The lowest BCUT2D eigenvalue weighted by atomic mass is 10.1. The summed E-state index contributed by atoms with van der Waals surface area (Å²) in [4.78, 5) is 18.9. The van der Waals surface area contributed by atoms with Crippen LogP contribution in [0.2, 0.25) is 0 Å². The van der Waals surface area contributed by atoms with Crippen molar-refractivity contribution in [3.63, 3.8) is 0 Å². The van der Waals surface area contributed by atoms with Gasteiger partial charge in [0.05, 0.1) is 24.2 Å². The number of hydrogen-bond donors (Lipinski definition) is 1. The highest BCUT2D eigenvalue weighted by Crippen LogP contribution is 2.39. The number of ether oxygens (including phenoxy) is 1. The van der Waals surface area contributed by atoms with Gasteiger partial charge in [-0.3, -0.25) is 14.7 Å². The van der Waals surface area contributed by atoms with Crippen molar-refractivity contribution in [1.82, 2.24) is 4.98 Å². The number of aromatic nitrogens is 1. The molecule has 0 spiro atoms. The summed E-state index contributed by atoms with van der Waals surface area (Å²) in [7, 11) is 0. The molecular weight excluding hydrogens is 326 g/mol. The molecule has 1 aliphatic rings. The highest BCUT2D eigenvalue weighted by molar-refractivity contribution is 6.11. The van der Waals surface area contributed by atoms with Gasteiger partial charge in [-0.1, -0.05) is 30.3 Å². The molecule has 0 saturated carbocycles. The van der Waals surface area contributed by atoms with Crippen LogP contribution in [0.15, 0.2) is 73.1 Å². The summed E-state index contributed by atoms with van der Waals surface area (Å²) in [5.74, 6) is 0.720. The highest BCUT2D eigenvalue weighted by Gasteiger charge is 2.37. The molecule has 1 aromatic heterocycles. The molecule has 0 bridgehead atoms. The molecule has 1 aliphatic heterocycles. The number of fused-ring (bicyclic) bond motifs is 1. The molecule has 0 radical (unpaired) electrons. The summed E-state index contributed by atoms with van der Waals surface area (Å²) in [6, 6.07) is 19.1.